The maximum Gasteiger partial charge on any atom is 0.243 e. The first kappa shape index (κ1) is 28.7. The average molecular weight is 528 g/mol. The molecule has 7 nitrogen and oxygen atoms in total. The Labute approximate surface area is 222 Å². The van der Waals surface area contributed by atoms with E-state index < -0.39 is 16.1 Å². The van der Waals surface area contributed by atoms with Crippen molar-refractivity contribution in [3.05, 3.63) is 65.2 Å². The van der Waals surface area contributed by atoms with Crippen LogP contribution in [0.3, 0.4) is 0 Å². The SMILES string of the molecule is CC[C@@H](C(=O)NC1CCCC1)N(Cc1ccccc1C)C(=O)CCCN(c1ccccc1C)S(C)(=O)=O. The second kappa shape index (κ2) is 13.1. The summed E-state index contributed by atoms with van der Waals surface area (Å²) in [5.41, 5.74) is 3.54. The van der Waals surface area contributed by atoms with Crippen LogP contribution in [0.5, 0.6) is 0 Å². The van der Waals surface area contributed by atoms with E-state index in [2.05, 4.69) is 5.32 Å². The van der Waals surface area contributed by atoms with E-state index in [0.29, 0.717) is 25.1 Å². The van der Waals surface area contributed by atoms with E-state index in [1.54, 1.807) is 11.0 Å². The number of nitrogens with zero attached hydrogens (tertiary/aromatic N) is 2. The van der Waals surface area contributed by atoms with Crippen molar-refractivity contribution < 1.29 is 18.0 Å². The lowest BCUT2D eigenvalue weighted by Crippen LogP contribution is -2.51. The van der Waals surface area contributed by atoms with Gasteiger partial charge in [-0.05, 0) is 62.3 Å². The number of hydrogen-bond acceptors (Lipinski definition) is 4. The molecule has 1 saturated carbocycles. The predicted molar refractivity (Wildman–Crippen MR) is 149 cm³/mol. The molecule has 2 aromatic carbocycles. The van der Waals surface area contributed by atoms with E-state index in [4.69, 9.17) is 0 Å². The summed E-state index contributed by atoms with van der Waals surface area (Å²) in [6.07, 6.45) is 6.39. The summed E-state index contributed by atoms with van der Waals surface area (Å²) < 4.78 is 26.5. The van der Waals surface area contributed by atoms with Crippen molar-refractivity contribution in [3.63, 3.8) is 0 Å². The highest BCUT2D eigenvalue weighted by Gasteiger charge is 2.31. The predicted octanol–water partition coefficient (Wildman–Crippen LogP) is 4.72. The van der Waals surface area contributed by atoms with Gasteiger partial charge in [0.25, 0.3) is 0 Å². The number of benzene rings is 2. The average Bonchev–Trinajstić information content (AvgIpc) is 3.35. The fourth-order valence-electron chi connectivity index (χ4n) is 5.08. The van der Waals surface area contributed by atoms with Crippen molar-refractivity contribution in [1.29, 1.82) is 0 Å². The van der Waals surface area contributed by atoms with Gasteiger partial charge in [0.05, 0.1) is 11.9 Å². The molecular formula is C29H41N3O4S. The van der Waals surface area contributed by atoms with Crippen molar-refractivity contribution in [2.24, 2.45) is 0 Å². The summed E-state index contributed by atoms with van der Waals surface area (Å²) in [4.78, 5) is 28.6. The van der Waals surface area contributed by atoms with Crippen LogP contribution in [0.4, 0.5) is 5.69 Å². The molecule has 1 aliphatic rings. The monoisotopic (exact) mass is 527 g/mol. The van der Waals surface area contributed by atoms with Crippen molar-refractivity contribution in [1.82, 2.24) is 10.2 Å². The third-order valence-corrected chi connectivity index (χ3v) is 8.41. The Morgan fingerprint density at radius 1 is 1.00 bits per heavy atom. The second-order valence-corrected chi connectivity index (χ2v) is 12.0. The Hall–Kier alpha value is -2.87. The highest BCUT2D eigenvalue weighted by atomic mass is 32.2. The number of nitrogens with one attached hydrogen (secondary N) is 1. The molecule has 0 radical (unpaired) electrons. The van der Waals surface area contributed by atoms with Gasteiger partial charge >= 0.3 is 0 Å². The lowest BCUT2D eigenvalue weighted by Gasteiger charge is -2.32. The van der Waals surface area contributed by atoms with Gasteiger partial charge in [-0.3, -0.25) is 13.9 Å². The third-order valence-electron chi connectivity index (χ3n) is 7.23. The number of para-hydroxylation sites is 1. The van der Waals surface area contributed by atoms with Crippen LogP contribution in [0.15, 0.2) is 48.5 Å². The van der Waals surface area contributed by atoms with Gasteiger partial charge in [0.15, 0.2) is 0 Å². The maximum atomic E-state index is 13.6. The highest BCUT2D eigenvalue weighted by Crippen LogP contribution is 2.24. The second-order valence-electron chi connectivity index (χ2n) is 10.1. The number of hydrogen-bond donors (Lipinski definition) is 1. The number of anilines is 1. The highest BCUT2D eigenvalue weighted by molar-refractivity contribution is 7.92. The van der Waals surface area contributed by atoms with Crippen molar-refractivity contribution in [2.45, 2.75) is 84.3 Å². The Morgan fingerprint density at radius 2 is 1.62 bits per heavy atom. The first-order chi connectivity index (χ1) is 17.6. The summed E-state index contributed by atoms with van der Waals surface area (Å²) in [5, 5.41) is 3.17. The van der Waals surface area contributed by atoms with Gasteiger partial charge in [-0.25, -0.2) is 8.42 Å². The molecular weight excluding hydrogens is 486 g/mol. The van der Waals surface area contributed by atoms with Crippen molar-refractivity contribution in [2.75, 3.05) is 17.1 Å². The smallest absolute Gasteiger partial charge is 0.243 e. The summed E-state index contributed by atoms with van der Waals surface area (Å²) in [6.45, 7) is 6.34. The summed E-state index contributed by atoms with van der Waals surface area (Å²) in [5.74, 6) is -0.246. The van der Waals surface area contributed by atoms with Crippen LogP contribution >= 0.6 is 0 Å². The van der Waals surface area contributed by atoms with Crippen LogP contribution < -0.4 is 9.62 Å². The first-order valence-corrected chi connectivity index (χ1v) is 15.1. The van der Waals surface area contributed by atoms with E-state index in [9.17, 15) is 18.0 Å². The minimum Gasteiger partial charge on any atom is -0.352 e. The fraction of sp³-hybridized carbons (Fsp3) is 0.517. The van der Waals surface area contributed by atoms with Crippen LogP contribution in [0.1, 0.15) is 68.6 Å². The number of carbonyl (C=O) groups excluding carboxylic acids is 2. The number of amides is 2. The zero-order chi connectivity index (χ0) is 27.0. The normalized spacial score (nSPS) is 14.8. The summed E-state index contributed by atoms with van der Waals surface area (Å²) in [6, 6.07) is 14.8. The van der Waals surface area contributed by atoms with E-state index >= 15 is 0 Å². The van der Waals surface area contributed by atoms with Crippen LogP contribution in [-0.2, 0) is 26.2 Å². The van der Waals surface area contributed by atoms with Crippen molar-refractivity contribution >= 4 is 27.5 Å². The fourth-order valence-corrected chi connectivity index (χ4v) is 6.11. The zero-order valence-electron chi connectivity index (χ0n) is 22.6. The van der Waals surface area contributed by atoms with E-state index in [1.807, 2.05) is 63.2 Å². The quantitative estimate of drug-likeness (QED) is 0.433. The third kappa shape index (κ3) is 7.81. The van der Waals surface area contributed by atoms with Crippen LogP contribution in [0.2, 0.25) is 0 Å². The first-order valence-electron chi connectivity index (χ1n) is 13.3. The minimum absolute atomic E-state index is 0.103. The number of rotatable bonds is 12. The molecule has 0 saturated heterocycles. The topological polar surface area (TPSA) is 86.8 Å². The molecule has 0 aromatic heterocycles. The molecule has 1 aliphatic carbocycles. The van der Waals surface area contributed by atoms with E-state index in [1.165, 1.54) is 10.6 Å². The molecule has 0 spiro atoms. The van der Waals surface area contributed by atoms with Gasteiger partial charge in [-0.15, -0.1) is 0 Å². The van der Waals surface area contributed by atoms with E-state index in [0.717, 1.165) is 42.4 Å². The maximum absolute atomic E-state index is 13.6. The molecule has 8 heteroatoms. The Bertz CT molecular complexity index is 1180. The van der Waals surface area contributed by atoms with Crippen LogP contribution in [0.25, 0.3) is 0 Å². The molecule has 0 aliphatic heterocycles. The Balaban J connectivity index is 1.77. The van der Waals surface area contributed by atoms with E-state index in [-0.39, 0.29) is 30.8 Å². The molecule has 1 fully saturated rings. The van der Waals surface area contributed by atoms with Crippen LogP contribution in [-0.4, -0.2) is 50.0 Å². The van der Waals surface area contributed by atoms with Crippen molar-refractivity contribution in [3.8, 4) is 0 Å². The van der Waals surface area contributed by atoms with Gasteiger partial charge in [-0.1, -0.05) is 62.2 Å². The lowest BCUT2D eigenvalue weighted by atomic mass is 10.0. The largest absolute Gasteiger partial charge is 0.352 e. The van der Waals surface area contributed by atoms with Gasteiger partial charge < -0.3 is 10.2 Å². The number of carbonyl (C=O) groups is 2. The molecule has 0 bridgehead atoms. The van der Waals surface area contributed by atoms with Gasteiger partial charge in [0, 0.05) is 25.6 Å². The molecule has 3 rings (SSSR count). The van der Waals surface area contributed by atoms with Crippen LogP contribution in [0, 0.1) is 13.8 Å². The summed E-state index contributed by atoms with van der Waals surface area (Å²) >= 11 is 0. The molecule has 0 unspecified atom stereocenters. The number of aryl methyl sites for hydroxylation is 2. The molecule has 1 N–H and O–H groups in total. The van der Waals surface area contributed by atoms with Gasteiger partial charge in [-0.2, -0.15) is 0 Å². The lowest BCUT2D eigenvalue weighted by molar-refractivity contribution is -0.141. The Morgan fingerprint density at radius 3 is 2.22 bits per heavy atom. The molecule has 0 heterocycles. The Kier molecular flexibility index (Phi) is 10.1. The molecule has 2 aromatic rings. The minimum atomic E-state index is -3.52. The molecule has 202 valence electrons. The zero-order valence-corrected chi connectivity index (χ0v) is 23.4. The van der Waals surface area contributed by atoms with Gasteiger partial charge in [0.1, 0.15) is 6.04 Å². The molecule has 2 amide bonds. The van der Waals surface area contributed by atoms with Gasteiger partial charge in [0.2, 0.25) is 21.8 Å². The molecule has 37 heavy (non-hydrogen) atoms. The number of sulfonamides is 1. The molecule has 1 atom stereocenters. The summed E-state index contributed by atoms with van der Waals surface area (Å²) in [7, 11) is -3.52. The standard InChI is InChI=1S/C29H41N3O4S/c1-5-26(29(34)30-25-16-9-10-17-25)31(21-24-15-8-6-13-22(24)2)28(33)19-12-20-32(37(4,35)36)27-18-11-7-14-23(27)3/h6-8,11,13-15,18,25-26H,5,9-10,12,16-17,19-21H2,1-4H3,(H,30,34)/t26-/m0/s1.